The van der Waals surface area contributed by atoms with Crippen LogP contribution in [0, 0.1) is 5.92 Å². The minimum absolute atomic E-state index is 0.0299. The van der Waals surface area contributed by atoms with Crippen molar-refractivity contribution in [2.24, 2.45) is 5.92 Å². The molecule has 1 aliphatic carbocycles. The summed E-state index contributed by atoms with van der Waals surface area (Å²) in [5.41, 5.74) is 2.53. The zero-order chi connectivity index (χ0) is 22.4. The summed E-state index contributed by atoms with van der Waals surface area (Å²) in [7, 11) is 0. The maximum absolute atomic E-state index is 12.7. The number of aromatic nitrogens is 2. The molecular formula is C24H34N4O3. The lowest BCUT2D eigenvalue weighted by Gasteiger charge is -2.13. The lowest BCUT2D eigenvalue weighted by atomic mass is 10.0. The monoisotopic (exact) mass is 426 g/mol. The van der Waals surface area contributed by atoms with Crippen LogP contribution in [0.3, 0.4) is 0 Å². The molecule has 7 nitrogen and oxygen atoms in total. The summed E-state index contributed by atoms with van der Waals surface area (Å²) in [4.78, 5) is 25.2. The van der Waals surface area contributed by atoms with Crippen LogP contribution in [0.2, 0.25) is 0 Å². The first-order valence-electron chi connectivity index (χ1n) is 11.5. The number of phenolic OH excluding ortho intramolecular Hbond substituents is 1. The summed E-state index contributed by atoms with van der Waals surface area (Å²) < 4.78 is 1.45. The molecule has 0 unspecified atom stereocenters. The van der Waals surface area contributed by atoms with Crippen LogP contribution in [0.15, 0.2) is 24.3 Å². The van der Waals surface area contributed by atoms with Crippen LogP contribution in [0.5, 0.6) is 5.75 Å². The molecule has 0 bridgehead atoms. The van der Waals surface area contributed by atoms with Gasteiger partial charge >= 0.3 is 6.03 Å². The number of nitrogens with one attached hydrogen (secondary N) is 2. The van der Waals surface area contributed by atoms with E-state index in [-0.39, 0.29) is 29.5 Å². The number of benzene rings is 1. The average Bonchev–Trinajstić information content (AvgIpc) is 3.44. The third kappa shape index (κ3) is 5.27. The van der Waals surface area contributed by atoms with Gasteiger partial charge in [-0.2, -0.15) is 9.78 Å². The minimum Gasteiger partial charge on any atom is -0.507 e. The van der Waals surface area contributed by atoms with Gasteiger partial charge < -0.3 is 15.7 Å². The first-order chi connectivity index (χ1) is 15.0. The summed E-state index contributed by atoms with van der Waals surface area (Å²) >= 11 is 0. The second-order valence-corrected chi connectivity index (χ2v) is 8.31. The number of carbonyl (C=O) groups excluding carboxylic acids is 2. The van der Waals surface area contributed by atoms with Crippen molar-refractivity contribution in [2.45, 2.75) is 71.6 Å². The molecule has 0 aliphatic heterocycles. The van der Waals surface area contributed by atoms with Gasteiger partial charge in [0.05, 0.1) is 11.4 Å². The number of anilines is 1. The Kier molecular flexibility index (Phi) is 7.71. The van der Waals surface area contributed by atoms with Gasteiger partial charge in [-0.25, -0.2) is 4.79 Å². The van der Waals surface area contributed by atoms with E-state index in [4.69, 9.17) is 0 Å². The van der Waals surface area contributed by atoms with Gasteiger partial charge in [-0.1, -0.05) is 33.6 Å². The van der Waals surface area contributed by atoms with Crippen molar-refractivity contribution in [3.63, 3.8) is 0 Å². The van der Waals surface area contributed by atoms with Gasteiger partial charge in [-0.3, -0.25) is 4.79 Å². The quantitative estimate of drug-likeness (QED) is 0.502. The molecule has 1 aromatic carbocycles. The van der Waals surface area contributed by atoms with E-state index in [1.165, 1.54) is 4.68 Å². The minimum atomic E-state index is -0.243. The number of amides is 2. The third-order valence-electron chi connectivity index (χ3n) is 6.13. The number of hydrogen-bond acceptors (Lipinski definition) is 4. The topological polar surface area (TPSA) is 96.3 Å². The van der Waals surface area contributed by atoms with Crippen LogP contribution in [0.1, 0.15) is 77.3 Å². The van der Waals surface area contributed by atoms with E-state index in [0.717, 1.165) is 50.6 Å². The molecule has 3 N–H and O–H groups in total. The van der Waals surface area contributed by atoms with E-state index in [9.17, 15) is 14.7 Å². The zero-order valence-electron chi connectivity index (χ0n) is 18.8. The largest absolute Gasteiger partial charge is 0.507 e. The van der Waals surface area contributed by atoms with Gasteiger partial charge in [0.25, 0.3) is 0 Å². The van der Waals surface area contributed by atoms with E-state index >= 15 is 0 Å². The molecule has 2 aromatic rings. The van der Waals surface area contributed by atoms with Crippen molar-refractivity contribution in [1.29, 1.82) is 0 Å². The van der Waals surface area contributed by atoms with Crippen molar-refractivity contribution in [2.75, 3.05) is 11.9 Å². The summed E-state index contributed by atoms with van der Waals surface area (Å²) in [6.45, 7) is 6.58. The third-order valence-corrected chi connectivity index (χ3v) is 6.13. The van der Waals surface area contributed by atoms with Gasteiger partial charge in [-0.05, 0) is 56.4 Å². The van der Waals surface area contributed by atoms with E-state index in [0.29, 0.717) is 23.5 Å². The fourth-order valence-electron chi connectivity index (χ4n) is 4.23. The molecular weight excluding hydrogens is 392 g/mol. The Bertz CT molecular complexity index is 912. The van der Waals surface area contributed by atoms with Gasteiger partial charge in [0.2, 0.25) is 5.91 Å². The number of hydrogen-bond donors (Lipinski definition) is 3. The molecule has 1 aliphatic rings. The molecule has 168 valence electrons. The number of rotatable bonds is 8. The molecule has 7 heteroatoms. The highest BCUT2D eigenvalue weighted by Gasteiger charge is 2.26. The van der Waals surface area contributed by atoms with Crippen LogP contribution < -0.4 is 10.6 Å². The Morgan fingerprint density at radius 1 is 1.16 bits per heavy atom. The molecule has 2 amide bonds. The van der Waals surface area contributed by atoms with Crippen molar-refractivity contribution in [3.05, 3.63) is 30.0 Å². The zero-order valence-corrected chi connectivity index (χ0v) is 18.8. The highest BCUT2D eigenvalue weighted by Crippen LogP contribution is 2.38. The lowest BCUT2D eigenvalue weighted by molar-refractivity contribution is -0.120. The first kappa shape index (κ1) is 22.8. The summed E-state index contributed by atoms with van der Waals surface area (Å²) in [6, 6.07) is 6.63. The van der Waals surface area contributed by atoms with Gasteiger partial charge in [-0.15, -0.1) is 0 Å². The second-order valence-electron chi connectivity index (χ2n) is 8.31. The smallest absolute Gasteiger partial charge is 0.342 e. The SMILES string of the molecule is CCCNC(=O)n1nc(-c2cc(NC(=O)C(CC)CC)ccc2O)cc1C1CCCC1. The van der Waals surface area contributed by atoms with Gasteiger partial charge in [0.15, 0.2) is 0 Å². The predicted molar refractivity (Wildman–Crippen MR) is 122 cm³/mol. The van der Waals surface area contributed by atoms with Crippen molar-refractivity contribution >= 4 is 17.6 Å². The highest BCUT2D eigenvalue weighted by molar-refractivity contribution is 5.93. The van der Waals surface area contributed by atoms with E-state index < -0.39 is 0 Å². The van der Waals surface area contributed by atoms with Crippen LogP contribution in [-0.4, -0.2) is 33.4 Å². The van der Waals surface area contributed by atoms with E-state index in [1.807, 2.05) is 26.8 Å². The maximum atomic E-state index is 12.7. The lowest BCUT2D eigenvalue weighted by Crippen LogP contribution is -2.31. The summed E-state index contributed by atoms with van der Waals surface area (Å²) in [5, 5.41) is 20.9. The number of aromatic hydroxyl groups is 1. The van der Waals surface area contributed by atoms with Crippen LogP contribution in [-0.2, 0) is 4.79 Å². The van der Waals surface area contributed by atoms with Crippen LogP contribution in [0.25, 0.3) is 11.3 Å². The van der Waals surface area contributed by atoms with Crippen molar-refractivity contribution < 1.29 is 14.7 Å². The normalized spacial score (nSPS) is 14.2. The Hall–Kier alpha value is -2.83. The second kappa shape index (κ2) is 10.5. The Labute approximate surface area is 184 Å². The molecule has 0 saturated heterocycles. The summed E-state index contributed by atoms with van der Waals surface area (Å²) in [6.07, 6.45) is 6.74. The number of carbonyl (C=O) groups is 2. The molecule has 1 fully saturated rings. The fraction of sp³-hybridized carbons (Fsp3) is 0.542. The number of phenols is 1. The van der Waals surface area contributed by atoms with E-state index in [2.05, 4.69) is 15.7 Å². The highest BCUT2D eigenvalue weighted by atomic mass is 16.3. The van der Waals surface area contributed by atoms with Crippen LogP contribution in [0.4, 0.5) is 10.5 Å². The van der Waals surface area contributed by atoms with Crippen molar-refractivity contribution in [3.8, 4) is 17.0 Å². The Morgan fingerprint density at radius 2 is 1.87 bits per heavy atom. The first-order valence-corrected chi connectivity index (χ1v) is 11.5. The molecule has 1 heterocycles. The van der Waals surface area contributed by atoms with Gasteiger partial charge in [0.1, 0.15) is 5.75 Å². The molecule has 0 radical (unpaired) electrons. The predicted octanol–water partition coefficient (Wildman–Crippen LogP) is 5.26. The molecule has 1 saturated carbocycles. The molecule has 0 spiro atoms. The number of nitrogens with zero attached hydrogens (tertiary/aromatic N) is 2. The Balaban J connectivity index is 1.94. The molecule has 1 aromatic heterocycles. The van der Waals surface area contributed by atoms with E-state index in [1.54, 1.807) is 18.2 Å². The van der Waals surface area contributed by atoms with Crippen LogP contribution >= 0.6 is 0 Å². The fourth-order valence-corrected chi connectivity index (χ4v) is 4.23. The maximum Gasteiger partial charge on any atom is 0.342 e. The van der Waals surface area contributed by atoms with Gasteiger partial charge in [0, 0.05) is 29.6 Å². The summed E-state index contributed by atoms with van der Waals surface area (Å²) in [5.74, 6) is 0.274. The van der Waals surface area contributed by atoms with Crippen molar-refractivity contribution in [1.82, 2.24) is 15.1 Å². The molecule has 3 rings (SSSR count). The molecule has 0 atom stereocenters. The standard InChI is InChI=1S/C24H34N4O3/c1-4-13-25-24(31)28-21(17-9-7-8-10-17)15-20(27-28)19-14-18(11-12-22(19)29)26-23(30)16(5-2)6-3/h11-12,14-17,29H,4-10,13H2,1-3H3,(H,25,31)(H,26,30). The Morgan fingerprint density at radius 3 is 2.52 bits per heavy atom. The molecule has 31 heavy (non-hydrogen) atoms. The average molecular weight is 427 g/mol.